The van der Waals surface area contributed by atoms with Crippen molar-refractivity contribution in [1.29, 1.82) is 5.26 Å². The molecule has 0 fully saturated rings. The molecular formula is C28H15F8N5O2. The van der Waals surface area contributed by atoms with E-state index in [1.54, 1.807) is 0 Å². The number of halogens is 8. The number of aromatic nitrogens is 2. The molecule has 7 nitrogen and oxygen atoms in total. The van der Waals surface area contributed by atoms with Crippen LogP contribution in [0.1, 0.15) is 33.5 Å². The molecule has 2 aromatic carbocycles. The number of carboxylic acids is 1. The predicted molar refractivity (Wildman–Crippen MR) is 134 cm³/mol. The smallest absolute Gasteiger partial charge is 0.475 e. The number of aliphatic carboxylic acids is 1. The third-order valence-electron chi connectivity index (χ3n) is 6.22. The quantitative estimate of drug-likeness (QED) is 0.278. The van der Waals surface area contributed by atoms with Gasteiger partial charge in [-0.3, -0.25) is 9.97 Å². The molecule has 5 rings (SSSR count). The number of hydrogen-bond acceptors (Lipinski definition) is 6. The highest BCUT2D eigenvalue weighted by Gasteiger charge is 2.46. The number of carbonyl (C=O) groups is 1. The summed E-state index contributed by atoms with van der Waals surface area (Å²) in [6.45, 7) is 0. The number of amidine groups is 1. The van der Waals surface area contributed by atoms with Gasteiger partial charge in [-0.15, -0.1) is 0 Å². The van der Waals surface area contributed by atoms with Gasteiger partial charge in [-0.2, -0.15) is 31.6 Å². The molecule has 1 atom stereocenters. The molecule has 0 saturated heterocycles. The number of nitrogens with two attached hydrogens (primary N) is 1. The van der Waals surface area contributed by atoms with E-state index in [1.807, 2.05) is 6.07 Å². The number of rotatable bonds is 3. The van der Waals surface area contributed by atoms with Crippen LogP contribution in [0.2, 0.25) is 0 Å². The van der Waals surface area contributed by atoms with Crippen molar-refractivity contribution in [2.75, 3.05) is 0 Å². The average Bonchev–Trinajstić information content (AvgIpc) is 3.27. The number of nitrogens with zero attached hydrogens (tertiary/aromatic N) is 4. The fourth-order valence-electron chi connectivity index (χ4n) is 4.42. The van der Waals surface area contributed by atoms with Crippen LogP contribution in [-0.4, -0.2) is 33.1 Å². The van der Waals surface area contributed by atoms with Crippen molar-refractivity contribution in [1.82, 2.24) is 9.97 Å². The number of pyridine rings is 2. The van der Waals surface area contributed by atoms with Crippen molar-refractivity contribution in [2.24, 2.45) is 10.7 Å². The van der Waals surface area contributed by atoms with E-state index in [4.69, 9.17) is 15.6 Å². The molecule has 15 heteroatoms. The van der Waals surface area contributed by atoms with Crippen LogP contribution < -0.4 is 5.73 Å². The first-order chi connectivity index (χ1) is 20.1. The van der Waals surface area contributed by atoms with Gasteiger partial charge >= 0.3 is 18.3 Å². The highest BCUT2D eigenvalue weighted by Crippen LogP contribution is 2.48. The maximum atomic E-state index is 15.0. The summed E-state index contributed by atoms with van der Waals surface area (Å²) in [5.74, 6) is -4.33. The minimum absolute atomic E-state index is 0.0126. The lowest BCUT2D eigenvalue weighted by Crippen LogP contribution is -2.26. The average molecular weight is 605 g/mol. The summed E-state index contributed by atoms with van der Waals surface area (Å²) in [5, 5.41) is 16.3. The molecule has 220 valence electrons. The van der Waals surface area contributed by atoms with Gasteiger partial charge in [0.1, 0.15) is 34.8 Å². The topological polar surface area (TPSA) is 125 Å². The van der Waals surface area contributed by atoms with Gasteiger partial charge in [0.05, 0.1) is 11.1 Å². The molecule has 0 bridgehead atoms. The summed E-state index contributed by atoms with van der Waals surface area (Å²) < 4.78 is 102. The summed E-state index contributed by atoms with van der Waals surface area (Å²) in [6.07, 6.45) is -6.20. The number of nitriles is 1. The Morgan fingerprint density at radius 1 is 0.930 bits per heavy atom. The van der Waals surface area contributed by atoms with E-state index in [-0.39, 0.29) is 44.8 Å². The maximum Gasteiger partial charge on any atom is 0.490 e. The van der Waals surface area contributed by atoms with Gasteiger partial charge < -0.3 is 10.8 Å². The van der Waals surface area contributed by atoms with E-state index in [1.165, 1.54) is 54.9 Å². The summed E-state index contributed by atoms with van der Waals surface area (Å²) in [4.78, 5) is 20.7. The van der Waals surface area contributed by atoms with Crippen LogP contribution >= 0.6 is 0 Å². The van der Waals surface area contributed by atoms with Gasteiger partial charge in [0.25, 0.3) is 0 Å². The Morgan fingerprint density at radius 3 is 2.23 bits per heavy atom. The first-order valence-electron chi connectivity index (χ1n) is 11.7. The molecule has 43 heavy (non-hydrogen) atoms. The molecule has 0 radical (unpaired) electrons. The van der Waals surface area contributed by atoms with E-state index in [2.05, 4.69) is 15.0 Å². The molecule has 1 aliphatic rings. The third kappa shape index (κ3) is 5.85. The van der Waals surface area contributed by atoms with Crippen LogP contribution in [-0.2, 0) is 16.5 Å². The molecule has 3 heterocycles. The van der Waals surface area contributed by atoms with E-state index < -0.39 is 41.2 Å². The summed E-state index contributed by atoms with van der Waals surface area (Å²) >= 11 is 0. The number of fused-ring (bicyclic) bond motifs is 1. The highest BCUT2D eigenvalue weighted by molar-refractivity contribution is 6.03. The zero-order valence-corrected chi connectivity index (χ0v) is 21.2. The second kappa shape index (κ2) is 11.1. The molecule has 3 N–H and O–H groups in total. The monoisotopic (exact) mass is 605 g/mol. The Balaban J connectivity index is 0.000000541. The van der Waals surface area contributed by atoms with Gasteiger partial charge in [0, 0.05) is 35.3 Å². The number of alkyl halides is 6. The second-order valence-electron chi connectivity index (χ2n) is 8.87. The Labute approximate surface area is 236 Å². The van der Waals surface area contributed by atoms with Crippen LogP contribution in [0.15, 0.2) is 78.2 Å². The standard InChI is InChI=1S/C26H14F5N5.C2HF3O2/c27-20-5-4-16(9-18(20)15-8-14(11-32)12-34-13-15)25(17-6-7-35-22(10-17)26(29,30)31)19-2-1-3-21(28)23(19)24(33)36-25;3-2(4,5)1(6)7/h1-10,12-13H,(H2,33,36);(H,6,7). The highest BCUT2D eigenvalue weighted by atomic mass is 19.4. The lowest BCUT2D eigenvalue weighted by Gasteiger charge is -2.30. The van der Waals surface area contributed by atoms with Crippen molar-refractivity contribution < 1.29 is 45.0 Å². The molecule has 0 spiro atoms. The number of benzene rings is 2. The molecule has 1 aliphatic heterocycles. The number of aliphatic imine (C=N–C) groups is 1. The summed E-state index contributed by atoms with van der Waals surface area (Å²) in [6, 6.07) is 13.4. The van der Waals surface area contributed by atoms with Gasteiger partial charge in [0.15, 0.2) is 0 Å². The second-order valence-corrected chi connectivity index (χ2v) is 8.87. The number of carboxylic acid groups (broad SMARTS) is 1. The van der Waals surface area contributed by atoms with Crippen LogP contribution in [0.4, 0.5) is 35.1 Å². The zero-order valence-electron chi connectivity index (χ0n) is 21.2. The minimum Gasteiger partial charge on any atom is -0.475 e. The van der Waals surface area contributed by atoms with Gasteiger partial charge in [0.2, 0.25) is 0 Å². The van der Waals surface area contributed by atoms with Crippen molar-refractivity contribution >= 4 is 11.8 Å². The predicted octanol–water partition coefficient (Wildman–Crippen LogP) is 5.96. The molecule has 0 saturated carbocycles. The van der Waals surface area contributed by atoms with Gasteiger partial charge in [-0.25, -0.2) is 18.6 Å². The van der Waals surface area contributed by atoms with E-state index in [0.29, 0.717) is 0 Å². The first kappa shape index (κ1) is 30.6. The lowest BCUT2D eigenvalue weighted by molar-refractivity contribution is -0.192. The Bertz CT molecular complexity index is 1800. The third-order valence-corrected chi connectivity index (χ3v) is 6.22. The minimum atomic E-state index is -5.08. The summed E-state index contributed by atoms with van der Waals surface area (Å²) in [5.41, 5.74) is 4.05. The Kier molecular flexibility index (Phi) is 7.91. The lowest BCUT2D eigenvalue weighted by atomic mass is 9.77. The fourth-order valence-corrected chi connectivity index (χ4v) is 4.42. The van der Waals surface area contributed by atoms with Crippen molar-refractivity contribution in [3.63, 3.8) is 0 Å². The van der Waals surface area contributed by atoms with E-state index in [9.17, 15) is 40.4 Å². The molecule has 1 unspecified atom stereocenters. The van der Waals surface area contributed by atoms with Crippen molar-refractivity contribution in [3.8, 4) is 17.2 Å². The zero-order chi connectivity index (χ0) is 31.7. The van der Waals surface area contributed by atoms with Crippen LogP contribution in [0.3, 0.4) is 0 Å². The largest absolute Gasteiger partial charge is 0.490 e. The molecule has 0 amide bonds. The summed E-state index contributed by atoms with van der Waals surface area (Å²) in [7, 11) is 0. The van der Waals surface area contributed by atoms with E-state index in [0.717, 1.165) is 18.3 Å². The Morgan fingerprint density at radius 2 is 1.60 bits per heavy atom. The molecule has 4 aromatic rings. The maximum absolute atomic E-state index is 15.0. The van der Waals surface area contributed by atoms with E-state index >= 15 is 0 Å². The number of hydrogen-bond donors (Lipinski definition) is 2. The normalized spacial score (nSPS) is 15.9. The van der Waals surface area contributed by atoms with Crippen molar-refractivity contribution in [2.45, 2.75) is 17.9 Å². The van der Waals surface area contributed by atoms with Crippen LogP contribution in [0, 0.1) is 23.0 Å². The Hall–Kier alpha value is -5.39. The van der Waals surface area contributed by atoms with Crippen molar-refractivity contribution in [3.05, 3.63) is 118 Å². The first-order valence-corrected chi connectivity index (χ1v) is 11.7. The molecule has 0 aliphatic carbocycles. The van der Waals surface area contributed by atoms with Gasteiger partial charge in [-0.05, 0) is 47.5 Å². The van der Waals surface area contributed by atoms with Gasteiger partial charge in [-0.1, -0.05) is 18.2 Å². The van der Waals surface area contributed by atoms with Crippen LogP contribution in [0.5, 0.6) is 0 Å². The molecular weight excluding hydrogens is 590 g/mol. The SMILES string of the molecule is N#Cc1cncc(-c2cc(C3(c4ccnc(C(F)(F)F)c4)N=C(N)c4c(F)cccc43)ccc2F)c1.O=C(O)C(F)(F)F. The molecule has 2 aromatic heterocycles. The van der Waals surface area contributed by atoms with Crippen LogP contribution in [0.25, 0.3) is 11.1 Å². The fraction of sp³-hybridized carbons (Fsp3) is 0.107.